The first-order valence-corrected chi connectivity index (χ1v) is 14.3. The third kappa shape index (κ3) is 6.96. The number of aliphatic carboxylic acids is 1. The lowest BCUT2D eigenvalue weighted by molar-refractivity contribution is -0.137. The SMILES string of the molecule is CN1C(CCOc2ccc(C[C@H](Nc3ccccc3C(=O)c3ccccc3)C(=O)O)cc2)=CSC1c1ccncc1. The number of carboxylic acid groups (broad SMARTS) is 1. The zero-order chi connectivity index (χ0) is 28.6. The second-order valence-electron chi connectivity index (χ2n) is 9.71. The first kappa shape index (κ1) is 28.0. The third-order valence-electron chi connectivity index (χ3n) is 6.95. The lowest BCUT2D eigenvalue weighted by Crippen LogP contribution is -2.32. The fourth-order valence-corrected chi connectivity index (χ4v) is 5.91. The van der Waals surface area contributed by atoms with E-state index >= 15 is 0 Å². The number of thioether (sulfide) groups is 1. The van der Waals surface area contributed by atoms with Gasteiger partial charge in [-0.3, -0.25) is 9.78 Å². The third-order valence-corrected chi connectivity index (χ3v) is 8.21. The molecule has 1 aliphatic rings. The highest BCUT2D eigenvalue weighted by Crippen LogP contribution is 2.42. The lowest BCUT2D eigenvalue weighted by Gasteiger charge is -2.24. The molecule has 8 heteroatoms. The molecule has 0 spiro atoms. The maximum Gasteiger partial charge on any atom is 0.326 e. The number of benzene rings is 3. The van der Waals surface area contributed by atoms with Crippen LogP contribution in [0.15, 0.2) is 114 Å². The zero-order valence-corrected chi connectivity index (χ0v) is 23.5. The second kappa shape index (κ2) is 13.2. The molecule has 0 bridgehead atoms. The Balaban J connectivity index is 1.16. The smallest absolute Gasteiger partial charge is 0.326 e. The van der Waals surface area contributed by atoms with E-state index in [-0.39, 0.29) is 17.6 Å². The Labute approximate surface area is 243 Å². The number of ketones is 1. The molecule has 1 aliphatic heterocycles. The Morgan fingerprint density at radius 2 is 1.68 bits per heavy atom. The summed E-state index contributed by atoms with van der Waals surface area (Å²) in [6, 6.07) is 26.6. The summed E-state index contributed by atoms with van der Waals surface area (Å²) in [6.45, 7) is 0.532. The molecule has 41 heavy (non-hydrogen) atoms. The van der Waals surface area contributed by atoms with Gasteiger partial charge in [0, 0.05) is 54.8 Å². The van der Waals surface area contributed by atoms with Crippen molar-refractivity contribution in [2.45, 2.75) is 24.3 Å². The predicted molar refractivity (Wildman–Crippen MR) is 162 cm³/mol. The number of anilines is 1. The molecule has 1 unspecified atom stereocenters. The topological polar surface area (TPSA) is 91.8 Å². The number of ether oxygens (including phenoxy) is 1. The maximum atomic E-state index is 13.1. The fourth-order valence-electron chi connectivity index (χ4n) is 4.70. The van der Waals surface area contributed by atoms with Crippen molar-refractivity contribution < 1.29 is 19.4 Å². The average molecular weight is 566 g/mol. The number of pyridine rings is 1. The van der Waals surface area contributed by atoms with Gasteiger partial charge in [0.15, 0.2) is 5.78 Å². The minimum absolute atomic E-state index is 0.162. The molecule has 1 aromatic heterocycles. The maximum absolute atomic E-state index is 13.1. The monoisotopic (exact) mass is 565 g/mol. The number of carboxylic acids is 1. The highest BCUT2D eigenvalue weighted by Gasteiger charge is 2.25. The van der Waals surface area contributed by atoms with Crippen LogP contribution in [0, 0.1) is 0 Å². The van der Waals surface area contributed by atoms with Gasteiger partial charge >= 0.3 is 5.97 Å². The van der Waals surface area contributed by atoms with Crippen LogP contribution in [0.25, 0.3) is 0 Å². The van der Waals surface area contributed by atoms with Crippen LogP contribution in [0.3, 0.4) is 0 Å². The van der Waals surface area contributed by atoms with Crippen LogP contribution in [0.2, 0.25) is 0 Å². The number of nitrogens with zero attached hydrogens (tertiary/aromatic N) is 2. The average Bonchev–Trinajstić information content (AvgIpc) is 3.38. The molecule has 4 aromatic rings. The highest BCUT2D eigenvalue weighted by molar-refractivity contribution is 8.02. The van der Waals surface area contributed by atoms with Crippen molar-refractivity contribution in [3.05, 3.63) is 137 Å². The number of hydrogen-bond donors (Lipinski definition) is 2. The van der Waals surface area contributed by atoms with E-state index in [1.165, 1.54) is 11.3 Å². The standard InChI is InChI=1S/C33H31N3O4S/c1-36-26(22-41-32(36)25-15-18-34-19-16-25)17-20-40-27-13-11-23(12-14-27)21-30(33(38)39)35-29-10-6-5-9-28(29)31(37)24-7-3-2-4-8-24/h2-16,18-19,22,30,32,35H,17,20-21H2,1H3,(H,38,39)/t30-,32?/m0/s1. The molecule has 7 nitrogen and oxygen atoms in total. The van der Waals surface area contributed by atoms with E-state index in [4.69, 9.17) is 4.74 Å². The van der Waals surface area contributed by atoms with Crippen molar-refractivity contribution in [2.75, 3.05) is 19.0 Å². The van der Waals surface area contributed by atoms with E-state index in [2.05, 4.69) is 27.7 Å². The van der Waals surface area contributed by atoms with Gasteiger partial charge < -0.3 is 20.1 Å². The van der Waals surface area contributed by atoms with E-state index in [0.29, 0.717) is 23.4 Å². The van der Waals surface area contributed by atoms with Gasteiger partial charge in [-0.1, -0.05) is 54.6 Å². The van der Waals surface area contributed by atoms with Crippen LogP contribution < -0.4 is 10.1 Å². The summed E-state index contributed by atoms with van der Waals surface area (Å²) in [7, 11) is 2.09. The van der Waals surface area contributed by atoms with Crippen LogP contribution in [0.1, 0.15) is 38.8 Å². The number of hydrogen-bond acceptors (Lipinski definition) is 7. The molecule has 0 fully saturated rings. The van der Waals surface area contributed by atoms with Crippen molar-refractivity contribution >= 4 is 29.2 Å². The van der Waals surface area contributed by atoms with Gasteiger partial charge in [-0.25, -0.2) is 4.79 Å². The molecule has 5 rings (SSSR count). The zero-order valence-electron chi connectivity index (χ0n) is 22.6. The van der Waals surface area contributed by atoms with Gasteiger partial charge in [0.25, 0.3) is 0 Å². The summed E-state index contributed by atoms with van der Waals surface area (Å²) in [5.74, 6) is -0.429. The van der Waals surface area contributed by atoms with E-state index in [0.717, 1.165) is 17.7 Å². The molecule has 0 amide bonds. The molecule has 0 aliphatic carbocycles. The quantitative estimate of drug-likeness (QED) is 0.191. The van der Waals surface area contributed by atoms with Crippen molar-refractivity contribution in [1.29, 1.82) is 0 Å². The Kier molecular flexibility index (Phi) is 9.01. The molecular weight excluding hydrogens is 534 g/mol. The van der Waals surface area contributed by atoms with E-state index in [9.17, 15) is 14.7 Å². The van der Waals surface area contributed by atoms with Gasteiger partial charge in [0.2, 0.25) is 0 Å². The first-order valence-electron chi connectivity index (χ1n) is 13.4. The van der Waals surface area contributed by atoms with Crippen LogP contribution in [-0.2, 0) is 11.2 Å². The Hall–Kier alpha value is -4.56. The van der Waals surface area contributed by atoms with Crippen molar-refractivity contribution in [3.63, 3.8) is 0 Å². The van der Waals surface area contributed by atoms with Gasteiger partial charge in [0.1, 0.15) is 17.2 Å². The predicted octanol–water partition coefficient (Wildman–Crippen LogP) is 6.41. The fraction of sp³-hybridized carbons (Fsp3) is 0.182. The summed E-state index contributed by atoms with van der Waals surface area (Å²) in [6.07, 6.45) is 4.65. The molecule has 0 saturated carbocycles. The van der Waals surface area contributed by atoms with Crippen molar-refractivity contribution in [1.82, 2.24) is 9.88 Å². The summed E-state index contributed by atoms with van der Waals surface area (Å²) < 4.78 is 5.99. The minimum atomic E-state index is -0.996. The van der Waals surface area contributed by atoms with Gasteiger partial charge in [-0.15, -0.1) is 11.8 Å². The summed E-state index contributed by atoms with van der Waals surface area (Å²) in [4.78, 5) is 31.6. The Morgan fingerprint density at radius 1 is 0.976 bits per heavy atom. The second-order valence-corrected chi connectivity index (χ2v) is 10.7. The Morgan fingerprint density at radius 3 is 2.41 bits per heavy atom. The van der Waals surface area contributed by atoms with Gasteiger partial charge in [0.05, 0.1) is 6.61 Å². The van der Waals surface area contributed by atoms with Crippen molar-refractivity contribution in [3.8, 4) is 5.75 Å². The number of aromatic nitrogens is 1. The van der Waals surface area contributed by atoms with E-state index < -0.39 is 12.0 Å². The van der Waals surface area contributed by atoms with Crippen LogP contribution in [-0.4, -0.2) is 46.4 Å². The molecule has 3 aromatic carbocycles. The molecule has 0 saturated heterocycles. The molecule has 2 heterocycles. The van der Waals surface area contributed by atoms with Crippen LogP contribution in [0.5, 0.6) is 5.75 Å². The summed E-state index contributed by atoms with van der Waals surface area (Å²) in [5, 5.41) is 15.4. The van der Waals surface area contributed by atoms with Crippen LogP contribution in [0.4, 0.5) is 5.69 Å². The summed E-state index contributed by atoms with van der Waals surface area (Å²) >= 11 is 1.78. The van der Waals surface area contributed by atoms with Gasteiger partial charge in [-0.2, -0.15) is 0 Å². The molecule has 208 valence electrons. The first-order chi connectivity index (χ1) is 20.0. The molecule has 0 radical (unpaired) electrons. The minimum Gasteiger partial charge on any atom is -0.493 e. The number of carbonyl (C=O) groups excluding carboxylic acids is 1. The van der Waals surface area contributed by atoms with E-state index in [1.54, 1.807) is 60.3 Å². The normalized spacial score (nSPS) is 15.2. The molecular formula is C33H31N3O4S. The largest absolute Gasteiger partial charge is 0.493 e. The Bertz CT molecular complexity index is 1510. The van der Waals surface area contributed by atoms with E-state index in [1.807, 2.05) is 54.9 Å². The van der Waals surface area contributed by atoms with Crippen molar-refractivity contribution in [2.24, 2.45) is 0 Å². The molecule has 2 N–H and O–H groups in total. The van der Waals surface area contributed by atoms with Gasteiger partial charge in [-0.05, 0) is 52.9 Å². The number of carbonyl (C=O) groups is 2. The molecule has 2 atom stereocenters. The summed E-state index contributed by atoms with van der Waals surface area (Å²) in [5.41, 5.74) is 4.75. The van der Waals surface area contributed by atoms with Crippen LogP contribution >= 0.6 is 11.8 Å². The number of para-hydroxylation sites is 1. The number of nitrogens with one attached hydrogen (secondary N) is 1. The highest BCUT2D eigenvalue weighted by atomic mass is 32.2. The number of rotatable bonds is 12. The lowest BCUT2D eigenvalue weighted by atomic mass is 10.00.